The van der Waals surface area contributed by atoms with Gasteiger partial charge in [0.25, 0.3) is 5.56 Å². The predicted octanol–water partition coefficient (Wildman–Crippen LogP) is 4.40. The highest BCUT2D eigenvalue weighted by atomic mass is 35.5. The molecule has 1 N–H and O–H groups in total. The number of hydrogen-bond donors (Lipinski definition) is 1. The molecule has 0 fully saturated rings. The van der Waals surface area contributed by atoms with E-state index in [4.69, 9.17) is 16.3 Å². The zero-order chi connectivity index (χ0) is 19.4. The van der Waals surface area contributed by atoms with Crippen LogP contribution >= 0.6 is 23.4 Å². The van der Waals surface area contributed by atoms with Crippen LogP contribution in [0.5, 0.6) is 5.75 Å². The highest BCUT2D eigenvalue weighted by molar-refractivity contribution is 7.98. The van der Waals surface area contributed by atoms with Gasteiger partial charge in [-0.05, 0) is 48.2 Å². The van der Waals surface area contributed by atoms with Crippen molar-refractivity contribution in [1.82, 2.24) is 9.97 Å². The number of nitriles is 1. The van der Waals surface area contributed by atoms with Crippen molar-refractivity contribution in [3.63, 3.8) is 0 Å². The lowest BCUT2D eigenvalue weighted by Crippen LogP contribution is -2.14. The van der Waals surface area contributed by atoms with Crippen molar-refractivity contribution in [2.24, 2.45) is 0 Å². The molecule has 0 unspecified atom stereocenters. The number of rotatable bonds is 5. The van der Waals surface area contributed by atoms with Crippen LogP contribution in [0.1, 0.15) is 11.1 Å². The maximum atomic E-state index is 13.2. The molecule has 0 spiro atoms. The Morgan fingerprint density at radius 3 is 2.67 bits per heavy atom. The number of nitrogens with one attached hydrogen (secondary N) is 1. The van der Waals surface area contributed by atoms with Crippen LogP contribution in [0.3, 0.4) is 0 Å². The standard InChI is InChI=1S/C19H13ClFN3O2S/c1-27-19-23-17(14(9-22)18(25)24-19)12-3-5-13(6-4-12)26-10-11-2-7-16(21)15(20)8-11/h2-8H,10H2,1H3,(H,23,24,25). The SMILES string of the molecule is CSc1nc(-c2ccc(OCc3ccc(F)c(Cl)c3)cc2)c(C#N)c(=O)[nH]1. The lowest BCUT2D eigenvalue weighted by atomic mass is 10.1. The van der Waals surface area contributed by atoms with Crippen molar-refractivity contribution in [2.75, 3.05) is 6.26 Å². The highest BCUT2D eigenvalue weighted by Gasteiger charge is 2.13. The Labute approximate surface area is 163 Å². The van der Waals surface area contributed by atoms with Crippen LogP contribution in [0.25, 0.3) is 11.3 Å². The van der Waals surface area contributed by atoms with E-state index in [1.54, 1.807) is 36.6 Å². The van der Waals surface area contributed by atoms with Crippen LogP contribution in [-0.4, -0.2) is 16.2 Å². The van der Waals surface area contributed by atoms with E-state index < -0.39 is 11.4 Å². The molecule has 0 aliphatic rings. The fourth-order valence-electron chi connectivity index (χ4n) is 2.37. The van der Waals surface area contributed by atoms with Gasteiger partial charge in [0.15, 0.2) is 5.16 Å². The quantitative estimate of drug-likeness (QED) is 0.506. The minimum atomic E-state index is -0.479. The molecule has 0 aliphatic carbocycles. The molecule has 2 aromatic carbocycles. The number of halogens is 2. The average Bonchev–Trinajstić information content (AvgIpc) is 2.68. The number of hydrogen-bond acceptors (Lipinski definition) is 5. The third-order valence-corrected chi connectivity index (χ3v) is 4.59. The molecule has 3 aromatic rings. The van der Waals surface area contributed by atoms with Gasteiger partial charge in [-0.25, -0.2) is 9.37 Å². The van der Waals surface area contributed by atoms with Gasteiger partial charge in [-0.1, -0.05) is 29.4 Å². The summed E-state index contributed by atoms with van der Waals surface area (Å²) in [5.74, 6) is 0.0978. The number of benzene rings is 2. The highest BCUT2D eigenvalue weighted by Crippen LogP contribution is 2.24. The molecule has 27 heavy (non-hydrogen) atoms. The minimum Gasteiger partial charge on any atom is -0.489 e. The molecule has 3 rings (SSSR count). The Bertz CT molecular complexity index is 1080. The van der Waals surface area contributed by atoms with Gasteiger partial charge in [0.2, 0.25) is 0 Å². The van der Waals surface area contributed by atoms with E-state index >= 15 is 0 Å². The second-order valence-corrected chi connectivity index (χ2v) is 6.67. The first-order chi connectivity index (χ1) is 13.0. The summed E-state index contributed by atoms with van der Waals surface area (Å²) >= 11 is 7.04. The number of nitrogens with zero attached hydrogens (tertiary/aromatic N) is 2. The molecule has 1 aromatic heterocycles. The van der Waals surface area contributed by atoms with Crippen molar-refractivity contribution in [1.29, 1.82) is 5.26 Å². The van der Waals surface area contributed by atoms with Crippen LogP contribution in [0.15, 0.2) is 52.4 Å². The second kappa shape index (κ2) is 8.25. The van der Waals surface area contributed by atoms with Crippen LogP contribution in [0.4, 0.5) is 4.39 Å². The summed E-state index contributed by atoms with van der Waals surface area (Å²) in [6, 6.07) is 13.2. The van der Waals surface area contributed by atoms with E-state index in [2.05, 4.69) is 9.97 Å². The van der Waals surface area contributed by atoms with E-state index in [-0.39, 0.29) is 17.2 Å². The Balaban J connectivity index is 1.81. The monoisotopic (exact) mass is 401 g/mol. The molecule has 0 bridgehead atoms. The third-order valence-electron chi connectivity index (χ3n) is 3.72. The summed E-state index contributed by atoms with van der Waals surface area (Å²) in [7, 11) is 0. The van der Waals surface area contributed by atoms with Gasteiger partial charge in [0.05, 0.1) is 10.7 Å². The largest absolute Gasteiger partial charge is 0.489 e. The number of aromatic amines is 1. The van der Waals surface area contributed by atoms with Gasteiger partial charge in [-0.3, -0.25) is 4.79 Å². The summed E-state index contributed by atoms with van der Waals surface area (Å²) in [4.78, 5) is 18.9. The Morgan fingerprint density at radius 1 is 1.30 bits per heavy atom. The van der Waals surface area contributed by atoms with Crippen molar-refractivity contribution in [3.05, 3.63) is 74.8 Å². The smallest absolute Gasteiger partial charge is 0.270 e. The Morgan fingerprint density at radius 2 is 2.04 bits per heavy atom. The molecule has 8 heteroatoms. The van der Waals surface area contributed by atoms with Gasteiger partial charge >= 0.3 is 0 Å². The molecule has 0 saturated heterocycles. The first-order valence-corrected chi connectivity index (χ1v) is 9.37. The third kappa shape index (κ3) is 4.30. The first kappa shape index (κ1) is 19.0. The van der Waals surface area contributed by atoms with Gasteiger partial charge in [0, 0.05) is 5.56 Å². The van der Waals surface area contributed by atoms with Gasteiger partial charge in [0.1, 0.15) is 29.8 Å². The number of aromatic nitrogens is 2. The minimum absolute atomic E-state index is 0.0394. The first-order valence-electron chi connectivity index (χ1n) is 7.77. The fraction of sp³-hybridized carbons (Fsp3) is 0.105. The second-order valence-electron chi connectivity index (χ2n) is 5.47. The summed E-state index contributed by atoms with van der Waals surface area (Å²) in [5, 5.41) is 9.73. The summed E-state index contributed by atoms with van der Waals surface area (Å²) in [6.45, 7) is 0.225. The Hall–Kier alpha value is -2.82. The van der Waals surface area contributed by atoms with Crippen molar-refractivity contribution in [3.8, 4) is 23.1 Å². The van der Waals surface area contributed by atoms with Crippen LogP contribution in [-0.2, 0) is 6.61 Å². The molecule has 0 radical (unpaired) electrons. The van der Waals surface area contributed by atoms with Gasteiger partial charge in [-0.15, -0.1) is 0 Å². The van der Waals surface area contributed by atoms with E-state index in [1.165, 1.54) is 23.9 Å². The average molecular weight is 402 g/mol. The lowest BCUT2D eigenvalue weighted by Gasteiger charge is -2.09. The zero-order valence-electron chi connectivity index (χ0n) is 14.1. The Kier molecular flexibility index (Phi) is 5.79. The normalized spacial score (nSPS) is 10.4. The molecular weight excluding hydrogens is 389 g/mol. The van der Waals surface area contributed by atoms with Crippen LogP contribution in [0, 0.1) is 17.1 Å². The molecule has 0 saturated carbocycles. The van der Waals surface area contributed by atoms with Crippen LogP contribution in [0.2, 0.25) is 5.02 Å². The number of thioether (sulfide) groups is 1. The van der Waals surface area contributed by atoms with E-state index in [0.29, 0.717) is 22.2 Å². The maximum absolute atomic E-state index is 13.2. The number of H-pyrrole nitrogens is 1. The van der Waals surface area contributed by atoms with E-state index in [9.17, 15) is 14.4 Å². The molecule has 5 nitrogen and oxygen atoms in total. The number of ether oxygens (including phenoxy) is 1. The molecule has 0 aliphatic heterocycles. The fourth-order valence-corrected chi connectivity index (χ4v) is 2.95. The van der Waals surface area contributed by atoms with Gasteiger partial charge < -0.3 is 9.72 Å². The molecule has 0 amide bonds. The summed E-state index contributed by atoms with van der Waals surface area (Å²) in [5.41, 5.74) is 1.17. The van der Waals surface area contributed by atoms with E-state index in [1.807, 2.05) is 6.07 Å². The van der Waals surface area contributed by atoms with Crippen molar-refractivity contribution >= 4 is 23.4 Å². The summed E-state index contributed by atoms with van der Waals surface area (Å²) in [6.07, 6.45) is 1.78. The predicted molar refractivity (Wildman–Crippen MR) is 103 cm³/mol. The topological polar surface area (TPSA) is 78.8 Å². The van der Waals surface area contributed by atoms with Crippen molar-refractivity contribution < 1.29 is 9.13 Å². The molecular formula is C19H13ClFN3O2S. The van der Waals surface area contributed by atoms with Crippen LogP contribution < -0.4 is 10.3 Å². The van der Waals surface area contributed by atoms with Gasteiger partial charge in [-0.2, -0.15) is 5.26 Å². The zero-order valence-corrected chi connectivity index (χ0v) is 15.7. The van der Waals surface area contributed by atoms with E-state index in [0.717, 1.165) is 5.56 Å². The molecule has 1 heterocycles. The summed E-state index contributed by atoms with van der Waals surface area (Å²) < 4.78 is 18.8. The lowest BCUT2D eigenvalue weighted by molar-refractivity contribution is 0.306. The van der Waals surface area contributed by atoms with Crippen molar-refractivity contribution in [2.45, 2.75) is 11.8 Å². The molecule has 0 atom stereocenters. The molecule has 136 valence electrons. The maximum Gasteiger partial charge on any atom is 0.270 e.